The van der Waals surface area contributed by atoms with Gasteiger partial charge in [0, 0.05) is 24.9 Å². The van der Waals surface area contributed by atoms with Crippen LogP contribution in [0.15, 0.2) is 18.2 Å². The van der Waals surface area contributed by atoms with Crippen LogP contribution in [0, 0.1) is 13.8 Å². The summed E-state index contributed by atoms with van der Waals surface area (Å²) in [6.45, 7) is 4.06. The summed E-state index contributed by atoms with van der Waals surface area (Å²) in [5.41, 5.74) is 2.99. The lowest BCUT2D eigenvalue weighted by Gasteiger charge is -2.17. The molecule has 0 aliphatic carbocycles. The first-order valence-electron chi connectivity index (χ1n) is 6.54. The molecular weight excluding hydrogens is 272 g/mol. The van der Waals surface area contributed by atoms with Gasteiger partial charge in [-0.05, 0) is 37.3 Å². The fourth-order valence-electron chi connectivity index (χ4n) is 1.76. The molecule has 0 radical (unpaired) electrons. The smallest absolute Gasteiger partial charge is 0.243 e. The van der Waals surface area contributed by atoms with E-state index in [1.807, 2.05) is 38.3 Å². The summed E-state index contributed by atoms with van der Waals surface area (Å²) in [6, 6.07) is 5.78. The van der Waals surface area contributed by atoms with Crippen molar-refractivity contribution >= 4 is 29.3 Å². The van der Waals surface area contributed by atoms with E-state index in [-0.39, 0.29) is 18.4 Å². The lowest BCUT2D eigenvalue weighted by atomic mass is 10.1. The van der Waals surface area contributed by atoms with Gasteiger partial charge in [0.1, 0.15) is 0 Å². The molecule has 0 aliphatic heterocycles. The van der Waals surface area contributed by atoms with Crippen molar-refractivity contribution in [1.29, 1.82) is 0 Å². The van der Waals surface area contributed by atoms with Crippen LogP contribution >= 0.6 is 11.8 Å². The average molecular weight is 294 g/mol. The molecule has 0 aliphatic rings. The molecule has 0 aromatic heterocycles. The van der Waals surface area contributed by atoms with Gasteiger partial charge in [0.25, 0.3) is 0 Å². The normalized spacial score (nSPS) is 10.2. The predicted octanol–water partition coefficient (Wildman–Crippen LogP) is 2.45. The van der Waals surface area contributed by atoms with Crippen LogP contribution < -0.4 is 5.32 Å². The van der Waals surface area contributed by atoms with Gasteiger partial charge in [-0.1, -0.05) is 12.1 Å². The van der Waals surface area contributed by atoms with Crippen LogP contribution in [0.4, 0.5) is 5.69 Å². The Bertz CT molecular complexity index is 489. The minimum absolute atomic E-state index is 0.00420. The molecule has 1 aromatic carbocycles. The molecule has 0 unspecified atom stereocenters. The third-order valence-electron chi connectivity index (χ3n) is 3.21. The molecule has 110 valence electrons. The number of amides is 2. The second-order valence-corrected chi connectivity index (χ2v) is 5.77. The lowest BCUT2D eigenvalue weighted by molar-refractivity contribution is -0.132. The Kier molecular flexibility index (Phi) is 6.58. The number of aryl methyl sites for hydroxylation is 1. The van der Waals surface area contributed by atoms with E-state index in [9.17, 15) is 9.59 Å². The van der Waals surface area contributed by atoms with Crippen LogP contribution in [0.25, 0.3) is 0 Å². The van der Waals surface area contributed by atoms with Crippen molar-refractivity contribution in [3.05, 3.63) is 29.3 Å². The number of rotatable bonds is 6. The highest BCUT2D eigenvalue weighted by Gasteiger charge is 2.13. The molecule has 0 saturated carbocycles. The Labute approximate surface area is 124 Å². The molecule has 0 fully saturated rings. The highest BCUT2D eigenvalue weighted by molar-refractivity contribution is 7.98. The summed E-state index contributed by atoms with van der Waals surface area (Å²) in [6.07, 6.45) is 2.43. The SMILES string of the molecule is CSCCC(=O)N(C)CC(=O)Nc1cccc(C)c1C. The number of benzene rings is 1. The molecular formula is C15H22N2O2S. The average Bonchev–Trinajstić information content (AvgIpc) is 2.41. The van der Waals surface area contributed by atoms with Crippen LogP contribution in [-0.2, 0) is 9.59 Å². The number of nitrogens with zero attached hydrogens (tertiary/aromatic N) is 1. The maximum atomic E-state index is 12.0. The molecule has 1 rings (SSSR count). The van der Waals surface area contributed by atoms with Gasteiger partial charge in [-0.15, -0.1) is 0 Å². The Hall–Kier alpha value is -1.49. The predicted molar refractivity (Wildman–Crippen MR) is 85.2 cm³/mol. The minimum atomic E-state index is -0.168. The number of nitrogens with one attached hydrogen (secondary N) is 1. The van der Waals surface area contributed by atoms with Gasteiger partial charge in [-0.3, -0.25) is 9.59 Å². The molecule has 4 nitrogen and oxygen atoms in total. The van der Waals surface area contributed by atoms with Crippen LogP contribution in [-0.4, -0.2) is 42.3 Å². The van der Waals surface area contributed by atoms with Crippen LogP contribution in [0.3, 0.4) is 0 Å². The summed E-state index contributed by atoms with van der Waals surface area (Å²) in [5, 5.41) is 2.85. The van der Waals surface area contributed by atoms with Crippen molar-refractivity contribution in [2.75, 3.05) is 30.9 Å². The Morgan fingerprint density at radius 3 is 2.65 bits per heavy atom. The Morgan fingerprint density at radius 2 is 2.00 bits per heavy atom. The number of carbonyl (C=O) groups is 2. The summed E-state index contributed by atoms with van der Waals surface area (Å²) in [4.78, 5) is 25.2. The van der Waals surface area contributed by atoms with E-state index in [4.69, 9.17) is 0 Å². The second kappa shape index (κ2) is 7.94. The van der Waals surface area contributed by atoms with Gasteiger partial charge >= 0.3 is 0 Å². The fourth-order valence-corrected chi connectivity index (χ4v) is 2.14. The number of anilines is 1. The number of hydrogen-bond acceptors (Lipinski definition) is 3. The fraction of sp³-hybridized carbons (Fsp3) is 0.467. The van der Waals surface area contributed by atoms with Crippen molar-refractivity contribution in [1.82, 2.24) is 4.90 Å². The van der Waals surface area contributed by atoms with Crippen molar-refractivity contribution in [2.24, 2.45) is 0 Å². The van der Waals surface area contributed by atoms with E-state index in [2.05, 4.69) is 5.32 Å². The van der Waals surface area contributed by atoms with Gasteiger partial charge in [0.05, 0.1) is 6.54 Å². The summed E-state index contributed by atoms with van der Waals surface area (Å²) < 4.78 is 0. The molecule has 0 heterocycles. The highest BCUT2D eigenvalue weighted by Crippen LogP contribution is 2.17. The summed E-state index contributed by atoms with van der Waals surface area (Å²) in [5.74, 6) is 0.607. The van der Waals surface area contributed by atoms with E-state index in [0.717, 1.165) is 22.6 Å². The Morgan fingerprint density at radius 1 is 1.30 bits per heavy atom. The van der Waals surface area contributed by atoms with E-state index >= 15 is 0 Å². The van der Waals surface area contributed by atoms with Gasteiger partial charge in [-0.2, -0.15) is 11.8 Å². The summed E-state index contributed by atoms with van der Waals surface area (Å²) >= 11 is 1.62. The minimum Gasteiger partial charge on any atom is -0.336 e. The van der Waals surface area contributed by atoms with Crippen LogP contribution in [0.5, 0.6) is 0 Å². The topological polar surface area (TPSA) is 49.4 Å². The third-order valence-corrected chi connectivity index (χ3v) is 3.82. The van der Waals surface area contributed by atoms with Crippen molar-refractivity contribution in [2.45, 2.75) is 20.3 Å². The quantitative estimate of drug-likeness (QED) is 0.877. The highest BCUT2D eigenvalue weighted by atomic mass is 32.2. The van der Waals surface area contributed by atoms with Gasteiger partial charge in [-0.25, -0.2) is 0 Å². The number of thioether (sulfide) groups is 1. The molecule has 2 amide bonds. The largest absolute Gasteiger partial charge is 0.336 e. The van der Waals surface area contributed by atoms with Gasteiger partial charge < -0.3 is 10.2 Å². The molecule has 20 heavy (non-hydrogen) atoms. The zero-order chi connectivity index (χ0) is 15.1. The second-order valence-electron chi connectivity index (χ2n) is 4.79. The van der Waals surface area contributed by atoms with Gasteiger partial charge in [0.2, 0.25) is 11.8 Å². The number of hydrogen-bond donors (Lipinski definition) is 1. The molecule has 0 atom stereocenters. The van der Waals surface area contributed by atoms with Crippen molar-refractivity contribution in [3.8, 4) is 0 Å². The van der Waals surface area contributed by atoms with Gasteiger partial charge in [0.15, 0.2) is 0 Å². The molecule has 5 heteroatoms. The number of likely N-dealkylation sites (N-methyl/N-ethyl adjacent to an activating group) is 1. The molecule has 1 N–H and O–H groups in total. The maximum Gasteiger partial charge on any atom is 0.243 e. The molecule has 0 bridgehead atoms. The number of carbonyl (C=O) groups excluding carboxylic acids is 2. The van der Waals surface area contributed by atoms with E-state index < -0.39 is 0 Å². The first kappa shape index (κ1) is 16.6. The monoisotopic (exact) mass is 294 g/mol. The first-order chi connectivity index (χ1) is 9.45. The summed E-state index contributed by atoms with van der Waals surface area (Å²) in [7, 11) is 1.66. The van der Waals surface area contributed by atoms with E-state index in [1.54, 1.807) is 18.8 Å². The zero-order valence-corrected chi connectivity index (χ0v) is 13.3. The first-order valence-corrected chi connectivity index (χ1v) is 7.94. The van der Waals surface area contributed by atoms with Crippen LogP contribution in [0.2, 0.25) is 0 Å². The van der Waals surface area contributed by atoms with Crippen molar-refractivity contribution in [3.63, 3.8) is 0 Å². The zero-order valence-electron chi connectivity index (χ0n) is 12.5. The van der Waals surface area contributed by atoms with E-state index in [1.165, 1.54) is 4.90 Å². The standard InChI is InChI=1S/C15H22N2O2S/c1-11-6-5-7-13(12(11)2)16-14(18)10-17(3)15(19)8-9-20-4/h5-7H,8-10H2,1-4H3,(H,16,18). The molecule has 0 spiro atoms. The molecule has 0 saturated heterocycles. The third kappa shape index (κ3) is 4.89. The van der Waals surface area contributed by atoms with Crippen molar-refractivity contribution < 1.29 is 9.59 Å². The van der Waals surface area contributed by atoms with Crippen LogP contribution in [0.1, 0.15) is 17.5 Å². The molecule has 1 aromatic rings. The van der Waals surface area contributed by atoms with E-state index in [0.29, 0.717) is 6.42 Å². The lowest BCUT2D eigenvalue weighted by Crippen LogP contribution is -2.35. The maximum absolute atomic E-state index is 12.0. The Balaban J connectivity index is 2.55.